The predicted molar refractivity (Wildman–Crippen MR) is 92.7 cm³/mol. The van der Waals surface area contributed by atoms with Gasteiger partial charge >= 0.3 is 0 Å². The van der Waals surface area contributed by atoms with Crippen molar-refractivity contribution in [3.05, 3.63) is 59.7 Å². The summed E-state index contributed by atoms with van der Waals surface area (Å²) in [6.07, 6.45) is 0.492. The molecule has 2 amide bonds. The summed E-state index contributed by atoms with van der Waals surface area (Å²) >= 11 is 1.63. The average Bonchev–Trinajstić information content (AvgIpc) is 2.75. The van der Waals surface area contributed by atoms with Crippen LogP contribution in [0.2, 0.25) is 0 Å². The molecule has 0 aromatic heterocycles. The lowest BCUT2D eigenvalue weighted by Crippen LogP contribution is -2.26. The molecule has 2 N–H and O–H groups in total. The monoisotopic (exact) mass is 326 g/mol. The number of nitrogens with one attached hydrogen (secondary N) is 2. The average molecular weight is 326 g/mol. The first-order valence-electron chi connectivity index (χ1n) is 7.56. The van der Waals surface area contributed by atoms with E-state index in [4.69, 9.17) is 0 Å². The number of fused-ring (bicyclic) bond motifs is 1. The van der Waals surface area contributed by atoms with Gasteiger partial charge in [-0.1, -0.05) is 30.3 Å². The van der Waals surface area contributed by atoms with Crippen molar-refractivity contribution in [2.24, 2.45) is 0 Å². The van der Waals surface area contributed by atoms with E-state index in [0.29, 0.717) is 12.0 Å². The molecule has 0 saturated heterocycles. The van der Waals surface area contributed by atoms with Gasteiger partial charge in [-0.15, -0.1) is 11.8 Å². The zero-order chi connectivity index (χ0) is 16.2. The zero-order valence-corrected chi connectivity index (χ0v) is 13.7. The Morgan fingerprint density at radius 3 is 2.78 bits per heavy atom. The normalized spacial score (nSPS) is 15.1. The van der Waals surface area contributed by atoms with E-state index in [9.17, 15) is 9.59 Å². The van der Waals surface area contributed by atoms with Crippen LogP contribution in [0.25, 0.3) is 0 Å². The maximum absolute atomic E-state index is 12.5. The molecule has 23 heavy (non-hydrogen) atoms. The maximum Gasteiger partial charge on any atom is 0.251 e. The molecule has 5 heteroatoms. The van der Waals surface area contributed by atoms with E-state index in [1.807, 2.05) is 43.3 Å². The van der Waals surface area contributed by atoms with Crippen molar-refractivity contribution in [2.75, 3.05) is 11.1 Å². The van der Waals surface area contributed by atoms with Gasteiger partial charge in [-0.2, -0.15) is 0 Å². The zero-order valence-electron chi connectivity index (χ0n) is 12.8. The van der Waals surface area contributed by atoms with Gasteiger partial charge in [0.2, 0.25) is 5.91 Å². The Labute approximate surface area is 139 Å². The minimum atomic E-state index is -0.146. The minimum Gasteiger partial charge on any atom is -0.346 e. The van der Waals surface area contributed by atoms with E-state index in [1.165, 1.54) is 0 Å². The molecule has 3 rings (SSSR count). The van der Waals surface area contributed by atoms with Crippen molar-refractivity contribution in [1.29, 1.82) is 0 Å². The smallest absolute Gasteiger partial charge is 0.251 e. The summed E-state index contributed by atoms with van der Waals surface area (Å²) in [5, 5.41) is 5.85. The Bertz CT molecular complexity index is 731. The molecule has 1 atom stereocenters. The van der Waals surface area contributed by atoms with Crippen molar-refractivity contribution in [1.82, 2.24) is 5.32 Å². The molecule has 1 aliphatic rings. The number of thioether (sulfide) groups is 1. The van der Waals surface area contributed by atoms with Crippen LogP contribution in [-0.2, 0) is 4.79 Å². The topological polar surface area (TPSA) is 58.2 Å². The van der Waals surface area contributed by atoms with Crippen molar-refractivity contribution >= 4 is 29.3 Å². The van der Waals surface area contributed by atoms with E-state index in [-0.39, 0.29) is 17.9 Å². The maximum atomic E-state index is 12.5. The van der Waals surface area contributed by atoms with Gasteiger partial charge in [0.25, 0.3) is 5.91 Å². The molecular weight excluding hydrogens is 308 g/mol. The highest BCUT2D eigenvalue weighted by Crippen LogP contribution is 2.31. The Morgan fingerprint density at radius 1 is 1.22 bits per heavy atom. The summed E-state index contributed by atoms with van der Waals surface area (Å²) in [6.45, 7) is 1.95. The molecule has 0 bridgehead atoms. The van der Waals surface area contributed by atoms with Gasteiger partial charge in [-0.05, 0) is 30.7 Å². The fourth-order valence-electron chi connectivity index (χ4n) is 2.47. The lowest BCUT2D eigenvalue weighted by atomic mass is 10.1. The van der Waals surface area contributed by atoms with Crippen molar-refractivity contribution in [3.63, 3.8) is 0 Å². The van der Waals surface area contributed by atoms with Crippen molar-refractivity contribution in [2.45, 2.75) is 24.3 Å². The molecule has 0 saturated carbocycles. The first kappa shape index (κ1) is 15.6. The van der Waals surface area contributed by atoms with Crippen LogP contribution in [-0.4, -0.2) is 17.6 Å². The molecule has 1 heterocycles. The van der Waals surface area contributed by atoms with Crippen LogP contribution in [0, 0.1) is 0 Å². The summed E-state index contributed by atoms with van der Waals surface area (Å²) in [5.41, 5.74) is 2.33. The van der Waals surface area contributed by atoms with Crippen LogP contribution in [0.1, 0.15) is 35.3 Å². The SMILES string of the molecule is CC(NC(=O)c1ccc2c(c1)NC(=O)CCS2)c1ccccc1. The molecular formula is C18H18N2O2S. The molecule has 4 nitrogen and oxygen atoms in total. The summed E-state index contributed by atoms with van der Waals surface area (Å²) < 4.78 is 0. The van der Waals surface area contributed by atoms with E-state index in [2.05, 4.69) is 10.6 Å². The van der Waals surface area contributed by atoms with Crippen molar-refractivity contribution in [3.8, 4) is 0 Å². The predicted octanol–water partition coefficient (Wildman–Crippen LogP) is 3.61. The number of anilines is 1. The van der Waals surface area contributed by atoms with Gasteiger partial charge in [0.05, 0.1) is 11.7 Å². The third-order valence-electron chi connectivity index (χ3n) is 3.75. The third-order valence-corrected chi connectivity index (χ3v) is 4.82. The lowest BCUT2D eigenvalue weighted by Gasteiger charge is -2.15. The number of benzene rings is 2. The summed E-state index contributed by atoms with van der Waals surface area (Å²) in [6, 6.07) is 15.2. The van der Waals surface area contributed by atoms with Crippen LogP contribution in [0.4, 0.5) is 5.69 Å². The van der Waals surface area contributed by atoms with Gasteiger partial charge in [0.15, 0.2) is 0 Å². The Hall–Kier alpha value is -2.27. The number of carbonyl (C=O) groups excluding carboxylic acids is 2. The van der Waals surface area contributed by atoms with Crippen LogP contribution in [0.3, 0.4) is 0 Å². The Kier molecular flexibility index (Phi) is 4.67. The Balaban J connectivity index is 1.76. The van der Waals surface area contributed by atoms with E-state index < -0.39 is 0 Å². The molecule has 0 radical (unpaired) electrons. The second-order valence-electron chi connectivity index (χ2n) is 5.46. The molecule has 2 aromatic rings. The summed E-state index contributed by atoms with van der Waals surface area (Å²) in [5.74, 6) is 0.606. The fourth-order valence-corrected chi connectivity index (χ4v) is 3.40. The van der Waals surface area contributed by atoms with Crippen LogP contribution >= 0.6 is 11.8 Å². The van der Waals surface area contributed by atoms with Crippen LogP contribution in [0.5, 0.6) is 0 Å². The van der Waals surface area contributed by atoms with Gasteiger partial charge in [0, 0.05) is 22.6 Å². The minimum absolute atomic E-state index is 0.00791. The number of hydrogen-bond acceptors (Lipinski definition) is 3. The highest BCUT2D eigenvalue weighted by molar-refractivity contribution is 7.99. The van der Waals surface area contributed by atoms with Gasteiger partial charge < -0.3 is 10.6 Å². The van der Waals surface area contributed by atoms with Crippen LogP contribution < -0.4 is 10.6 Å². The highest BCUT2D eigenvalue weighted by atomic mass is 32.2. The van der Waals surface area contributed by atoms with Gasteiger partial charge in [-0.3, -0.25) is 9.59 Å². The molecule has 1 aliphatic heterocycles. The van der Waals surface area contributed by atoms with E-state index in [1.54, 1.807) is 23.9 Å². The lowest BCUT2D eigenvalue weighted by molar-refractivity contribution is -0.115. The molecule has 1 unspecified atom stereocenters. The van der Waals surface area contributed by atoms with Gasteiger partial charge in [-0.25, -0.2) is 0 Å². The molecule has 0 fully saturated rings. The summed E-state index contributed by atoms with van der Waals surface area (Å²) in [7, 11) is 0. The first-order valence-corrected chi connectivity index (χ1v) is 8.54. The quantitative estimate of drug-likeness (QED) is 0.906. The van der Waals surface area contributed by atoms with E-state index in [0.717, 1.165) is 21.9 Å². The third kappa shape index (κ3) is 3.74. The second-order valence-corrected chi connectivity index (χ2v) is 6.60. The van der Waals surface area contributed by atoms with E-state index >= 15 is 0 Å². The highest BCUT2D eigenvalue weighted by Gasteiger charge is 2.17. The second kappa shape index (κ2) is 6.87. The molecule has 0 spiro atoms. The Morgan fingerprint density at radius 2 is 2.00 bits per heavy atom. The largest absolute Gasteiger partial charge is 0.346 e. The number of carbonyl (C=O) groups is 2. The summed E-state index contributed by atoms with van der Waals surface area (Å²) in [4.78, 5) is 25.1. The fraction of sp³-hybridized carbons (Fsp3) is 0.222. The number of rotatable bonds is 3. The van der Waals surface area contributed by atoms with Crippen LogP contribution in [0.15, 0.2) is 53.4 Å². The standard InChI is InChI=1S/C18H18N2O2S/c1-12(13-5-3-2-4-6-13)19-18(22)14-7-8-16-15(11-14)20-17(21)9-10-23-16/h2-8,11-12H,9-10H2,1H3,(H,19,22)(H,20,21). The molecule has 118 valence electrons. The van der Waals surface area contributed by atoms with Gasteiger partial charge in [0.1, 0.15) is 0 Å². The number of amides is 2. The number of hydrogen-bond donors (Lipinski definition) is 2. The molecule has 2 aromatic carbocycles. The van der Waals surface area contributed by atoms with Crippen molar-refractivity contribution < 1.29 is 9.59 Å². The molecule has 0 aliphatic carbocycles. The first-order chi connectivity index (χ1) is 11.1.